The van der Waals surface area contributed by atoms with E-state index in [0.29, 0.717) is 5.56 Å². The minimum Gasteiger partial charge on any atom is -0.369 e. The number of nitrogens with zero attached hydrogens (tertiary/aromatic N) is 2. The number of nitrogens with one attached hydrogen (secondary N) is 2. The zero-order valence-electron chi connectivity index (χ0n) is 11.8. The van der Waals surface area contributed by atoms with E-state index in [1.807, 2.05) is 6.07 Å². The number of nitrogens with two attached hydrogens (primary N) is 1. The minimum absolute atomic E-state index is 0.133. The molecule has 0 bridgehead atoms. The predicted octanol–water partition coefficient (Wildman–Crippen LogP) is 1.50. The molecule has 1 heterocycles. The molecule has 0 spiro atoms. The van der Waals surface area contributed by atoms with Crippen LogP contribution in [0.4, 0.5) is 14.3 Å². The van der Waals surface area contributed by atoms with Crippen molar-refractivity contribution < 1.29 is 14.0 Å². The number of halogens is 1. The number of carbonyl (C=O) groups excluding carboxylic acids is 2. The fraction of sp³-hybridized carbons (Fsp3) is 0.143. The van der Waals surface area contributed by atoms with Crippen LogP contribution in [0, 0.1) is 17.1 Å². The van der Waals surface area contributed by atoms with Gasteiger partial charge in [-0.05, 0) is 17.7 Å². The van der Waals surface area contributed by atoms with Crippen molar-refractivity contribution in [3.63, 3.8) is 0 Å². The fourth-order valence-corrected chi connectivity index (χ4v) is 2.52. The standard InChI is InChI=1S/C14H12FN5O2S/c15-9-3-1-2-8(4-9)7-18-13(22)20-14-19-10(5-12(17)21)11(6-16)23-14/h1-4H,5,7H2,(H2,17,21)(H2,18,19,20,22). The highest BCUT2D eigenvalue weighted by Crippen LogP contribution is 2.22. The molecule has 0 aliphatic rings. The molecule has 2 rings (SSSR count). The van der Waals surface area contributed by atoms with E-state index < -0.39 is 11.9 Å². The van der Waals surface area contributed by atoms with E-state index in [1.54, 1.807) is 12.1 Å². The van der Waals surface area contributed by atoms with Gasteiger partial charge >= 0.3 is 6.03 Å². The van der Waals surface area contributed by atoms with Crippen molar-refractivity contribution in [2.45, 2.75) is 13.0 Å². The van der Waals surface area contributed by atoms with Gasteiger partial charge in [0.05, 0.1) is 12.1 Å². The summed E-state index contributed by atoms with van der Waals surface area (Å²) in [4.78, 5) is 26.9. The van der Waals surface area contributed by atoms with Crippen molar-refractivity contribution in [3.8, 4) is 6.07 Å². The van der Waals surface area contributed by atoms with Crippen LogP contribution in [0.5, 0.6) is 0 Å². The maximum Gasteiger partial charge on any atom is 0.321 e. The van der Waals surface area contributed by atoms with Crippen LogP contribution in [0.15, 0.2) is 24.3 Å². The molecule has 23 heavy (non-hydrogen) atoms. The van der Waals surface area contributed by atoms with Crippen LogP contribution in [0.1, 0.15) is 16.1 Å². The van der Waals surface area contributed by atoms with E-state index in [9.17, 15) is 14.0 Å². The summed E-state index contributed by atoms with van der Waals surface area (Å²) in [5, 5.41) is 14.1. The smallest absolute Gasteiger partial charge is 0.321 e. The van der Waals surface area contributed by atoms with Crippen molar-refractivity contribution >= 4 is 28.4 Å². The second-order valence-electron chi connectivity index (χ2n) is 4.49. The van der Waals surface area contributed by atoms with Gasteiger partial charge in [0.25, 0.3) is 0 Å². The van der Waals surface area contributed by atoms with Gasteiger partial charge in [-0.3, -0.25) is 10.1 Å². The van der Waals surface area contributed by atoms with Gasteiger partial charge < -0.3 is 11.1 Å². The molecule has 9 heteroatoms. The minimum atomic E-state index is -0.617. The second kappa shape index (κ2) is 7.33. The summed E-state index contributed by atoms with van der Waals surface area (Å²) >= 11 is 0.942. The van der Waals surface area contributed by atoms with Gasteiger partial charge in [-0.2, -0.15) is 5.26 Å². The van der Waals surface area contributed by atoms with Gasteiger partial charge in [-0.25, -0.2) is 14.2 Å². The molecule has 0 aliphatic heterocycles. The first-order valence-electron chi connectivity index (χ1n) is 6.45. The molecule has 7 nitrogen and oxygen atoms in total. The quantitative estimate of drug-likeness (QED) is 0.767. The summed E-state index contributed by atoms with van der Waals surface area (Å²) in [6.45, 7) is 0.133. The Hall–Kier alpha value is -2.99. The third-order valence-corrected chi connectivity index (χ3v) is 3.62. The van der Waals surface area contributed by atoms with Gasteiger partial charge in [0.2, 0.25) is 5.91 Å². The number of primary amides is 1. The number of benzene rings is 1. The van der Waals surface area contributed by atoms with Crippen molar-refractivity contribution in [1.29, 1.82) is 5.26 Å². The lowest BCUT2D eigenvalue weighted by molar-refractivity contribution is -0.117. The number of urea groups is 1. The molecule has 4 N–H and O–H groups in total. The van der Waals surface area contributed by atoms with E-state index in [2.05, 4.69) is 15.6 Å². The predicted molar refractivity (Wildman–Crippen MR) is 82.0 cm³/mol. The third kappa shape index (κ3) is 4.76. The summed E-state index contributed by atoms with van der Waals surface area (Å²) < 4.78 is 13.0. The second-order valence-corrected chi connectivity index (χ2v) is 5.49. The zero-order chi connectivity index (χ0) is 16.8. The Kier molecular flexibility index (Phi) is 5.22. The summed E-state index contributed by atoms with van der Waals surface area (Å²) in [6.07, 6.45) is -0.175. The molecule has 0 fully saturated rings. The van der Waals surface area contributed by atoms with Crippen molar-refractivity contribution in [2.75, 3.05) is 5.32 Å². The van der Waals surface area contributed by atoms with Gasteiger partial charge in [0.1, 0.15) is 16.8 Å². The molecule has 118 valence electrons. The summed E-state index contributed by atoms with van der Waals surface area (Å²) in [5.74, 6) is -1.01. The number of aromatic nitrogens is 1. The molecule has 2 aromatic rings. The Bertz CT molecular complexity index is 784. The van der Waals surface area contributed by atoms with Gasteiger partial charge in [-0.1, -0.05) is 23.5 Å². The van der Waals surface area contributed by atoms with Gasteiger partial charge in [0.15, 0.2) is 5.13 Å². The summed E-state index contributed by atoms with van der Waals surface area (Å²) in [6, 6.07) is 7.17. The monoisotopic (exact) mass is 333 g/mol. The third-order valence-electron chi connectivity index (χ3n) is 2.70. The number of hydrogen-bond acceptors (Lipinski definition) is 5. The number of anilines is 1. The topological polar surface area (TPSA) is 121 Å². The van der Waals surface area contributed by atoms with Crippen LogP contribution in [0.3, 0.4) is 0 Å². The molecule has 1 aromatic heterocycles. The Balaban J connectivity index is 1.96. The lowest BCUT2D eigenvalue weighted by Gasteiger charge is -2.05. The molecule has 0 atom stereocenters. The SMILES string of the molecule is N#Cc1sc(NC(=O)NCc2cccc(F)c2)nc1CC(N)=O. The Morgan fingerprint density at radius 3 is 2.87 bits per heavy atom. The number of nitriles is 1. The van der Waals surface area contributed by atoms with Crippen molar-refractivity contribution in [1.82, 2.24) is 10.3 Å². The van der Waals surface area contributed by atoms with E-state index in [-0.39, 0.29) is 34.5 Å². The zero-order valence-corrected chi connectivity index (χ0v) is 12.6. The van der Waals surface area contributed by atoms with Crippen LogP contribution >= 0.6 is 11.3 Å². The number of thiazole rings is 1. The van der Waals surface area contributed by atoms with Gasteiger partial charge in [-0.15, -0.1) is 0 Å². The Morgan fingerprint density at radius 1 is 1.43 bits per heavy atom. The molecule has 1 aromatic carbocycles. The average Bonchev–Trinajstić information content (AvgIpc) is 2.86. The first-order valence-corrected chi connectivity index (χ1v) is 7.27. The summed E-state index contributed by atoms with van der Waals surface area (Å²) in [7, 11) is 0. The molecule has 0 unspecified atom stereocenters. The lowest BCUT2D eigenvalue weighted by atomic mass is 10.2. The molecule has 0 aliphatic carbocycles. The van der Waals surface area contributed by atoms with Crippen LogP contribution in [-0.4, -0.2) is 16.9 Å². The highest BCUT2D eigenvalue weighted by molar-refractivity contribution is 7.16. The average molecular weight is 333 g/mol. The van der Waals surface area contributed by atoms with Gasteiger partial charge in [0, 0.05) is 6.54 Å². The normalized spacial score (nSPS) is 9.91. The fourth-order valence-electron chi connectivity index (χ4n) is 1.75. The van der Waals surface area contributed by atoms with E-state index in [0.717, 1.165) is 11.3 Å². The van der Waals surface area contributed by atoms with Crippen LogP contribution in [0.2, 0.25) is 0 Å². The van der Waals surface area contributed by atoms with E-state index >= 15 is 0 Å². The summed E-state index contributed by atoms with van der Waals surface area (Å²) in [5.41, 5.74) is 5.90. The molecule has 3 amide bonds. The van der Waals surface area contributed by atoms with Crippen LogP contribution < -0.4 is 16.4 Å². The van der Waals surface area contributed by atoms with Crippen LogP contribution in [-0.2, 0) is 17.8 Å². The molecule has 0 saturated heterocycles. The van der Waals surface area contributed by atoms with E-state index in [1.165, 1.54) is 12.1 Å². The van der Waals surface area contributed by atoms with Crippen molar-refractivity contribution in [3.05, 3.63) is 46.2 Å². The Labute approximate surface area is 134 Å². The first-order chi connectivity index (χ1) is 11.0. The van der Waals surface area contributed by atoms with Crippen molar-refractivity contribution in [2.24, 2.45) is 5.73 Å². The first kappa shape index (κ1) is 16.4. The number of amides is 3. The molecule has 0 radical (unpaired) electrons. The number of hydrogen-bond donors (Lipinski definition) is 3. The molecular formula is C14H12FN5O2S. The Morgan fingerprint density at radius 2 is 2.22 bits per heavy atom. The molecular weight excluding hydrogens is 321 g/mol. The highest BCUT2D eigenvalue weighted by Gasteiger charge is 2.14. The number of carbonyl (C=O) groups is 2. The maximum atomic E-state index is 13.0. The molecule has 0 saturated carbocycles. The lowest BCUT2D eigenvalue weighted by Crippen LogP contribution is -2.28. The largest absolute Gasteiger partial charge is 0.369 e. The van der Waals surface area contributed by atoms with E-state index in [4.69, 9.17) is 11.0 Å². The van der Waals surface area contributed by atoms with Crippen LogP contribution in [0.25, 0.3) is 0 Å². The maximum absolute atomic E-state index is 13.0. The number of rotatable bonds is 5. The highest BCUT2D eigenvalue weighted by atomic mass is 32.1.